The van der Waals surface area contributed by atoms with Crippen LogP contribution in [-0.4, -0.2) is 10.9 Å². The quantitative estimate of drug-likeness (QED) is 0.323. The van der Waals surface area contributed by atoms with Crippen LogP contribution in [0.3, 0.4) is 0 Å². The van der Waals surface area contributed by atoms with E-state index in [-0.39, 0.29) is 5.60 Å². The fourth-order valence-electron chi connectivity index (χ4n) is 1.73. The van der Waals surface area contributed by atoms with Gasteiger partial charge in [0.1, 0.15) is 0 Å². The number of unbranched alkanes of at least 4 members (excludes halogenated alkanes) is 7. The zero-order valence-electron chi connectivity index (χ0n) is 10.7. The zero-order valence-corrected chi connectivity index (χ0v) is 10.7. The second kappa shape index (κ2) is 9.17. The number of hydrogen-bond acceptors (Lipinski definition) is 2. The summed E-state index contributed by atoms with van der Waals surface area (Å²) in [6.07, 6.45) is 11.5. The van der Waals surface area contributed by atoms with Crippen molar-refractivity contribution in [3.63, 3.8) is 0 Å². The van der Waals surface area contributed by atoms with Crippen molar-refractivity contribution < 1.29 is 10.1 Å². The molecule has 0 aromatic carbocycles. The Bertz CT molecular complexity index is 132. The van der Waals surface area contributed by atoms with Crippen LogP contribution < -0.4 is 0 Å². The monoisotopic (exact) mass is 216 g/mol. The SMILES string of the molecule is CCCCCCCCCCC(C)(C)OO. The predicted octanol–water partition coefficient (Wildman–Crippen LogP) is 4.79. The summed E-state index contributed by atoms with van der Waals surface area (Å²) in [7, 11) is 0. The van der Waals surface area contributed by atoms with E-state index in [1.165, 1.54) is 44.9 Å². The van der Waals surface area contributed by atoms with Crippen LogP contribution in [0.1, 0.15) is 78.6 Å². The van der Waals surface area contributed by atoms with Gasteiger partial charge >= 0.3 is 0 Å². The molecule has 0 aromatic heterocycles. The number of rotatable bonds is 10. The van der Waals surface area contributed by atoms with Gasteiger partial charge < -0.3 is 0 Å². The summed E-state index contributed by atoms with van der Waals surface area (Å²) in [6, 6.07) is 0. The lowest BCUT2D eigenvalue weighted by molar-refractivity contribution is -0.314. The Balaban J connectivity index is 3.11. The Labute approximate surface area is 95.0 Å². The molecule has 0 amide bonds. The van der Waals surface area contributed by atoms with E-state index in [1.807, 2.05) is 13.8 Å². The maximum absolute atomic E-state index is 8.59. The molecular formula is C13H28O2. The summed E-state index contributed by atoms with van der Waals surface area (Å²) < 4.78 is 0. The lowest BCUT2D eigenvalue weighted by Gasteiger charge is -2.19. The van der Waals surface area contributed by atoms with E-state index in [9.17, 15) is 0 Å². The van der Waals surface area contributed by atoms with Gasteiger partial charge in [-0.1, -0.05) is 58.3 Å². The van der Waals surface area contributed by atoms with Gasteiger partial charge in [-0.2, -0.15) is 0 Å². The van der Waals surface area contributed by atoms with Crippen molar-refractivity contribution in [2.45, 2.75) is 84.2 Å². The Kier molecular flexibility index (Phi) is 9.12. The minimum absolute atomic E-state index is 0.359. The van der Waals surface area contributed by atoms with Crippen LogP contribution in [-0.2, 0) is 4.89 Å². The lowest BCUT2D eigenvalue weighted by Crippen LogP contribution is -2.22. The van der Waals surface area contributed by atoms with Gasteiger partial charge in [-0.3, -0.25) is 5.26 Å². The largest absolute Gasteiger partial charge is 0.251 e. The molecule has 0 fully saturated rings. The normalized spacial score (nSPS) is 12.0. The smallest absolute Gasteiger partial charge is 0.0977 e. The average molecular weight is 216 g/mol. The van der Waals surface area contributed by atoms with Gasteiger partial charge in [0, 0.05) is 0 Å². The van der Waals surface area contributed by atoms with Crippen LogP contribution in [0, 0.1) is 0 Å². The van der Waals surface area contributed by atoms with Crippen LogP contribution in [0.2, 0.25) is 0 Å². The summed E-state index contributed by atoms with van der Waals surface area (Å²) >= 11 is 0. The van der Waals surface area contributed by atoms with Gasteiger partial charge in [0.05, 0.1) is 5.60 Å². The van der Waals surface area contributed by atoms with Crippen molar-refractivity contribution in [1.82, 2.24) is 0 Å². The Morgan fingerprint density at radius 2 is 1.33 bits per heavy atom. The first-order valence-electron chi connectivity index (χ1n) is 6.45. The summed E-state index contributed by atoms with van der Waals surface area (Å²) in [6.45, 7) is 6.10. The van der Waals surface area contributed by atoms with E-state index in [0.717, 1.165) is 12.8 Å². The number of hydrogen-bond donors (Lipinski definition) is 1. The third-order valence-corrected chi connectivity index (χ3v) is 2.88. The maximum Gasteiger partial charge on any atom is 0.0977 e. The fourth-order valence-corrected chi connectivity index (χ4v) is 1.73. The highest BCUT2D eigenvalue weighted by Crippen LogP contribution is 2.18. The standard InChI is InChI=1S/C13H28O2/c1-4-5-6-7-8-9-10-11-12-13(2,3)15-14/h14H,4-12H2,1-3H3. The van der Waals surface area contributed by atoms with E-state index >= 15 is 0 Å². The Morgan fingerprint density at radius 3 is 1.80 bits per heavy atom. The van der Waals surface area contributed by atoms with Crippen LogP contribution >= 0.6 is 0 Å². The molecule has 0 heterocycles. The van der Waals surface area contributed by atoms with Gasteiger partial charge in [0.2, 0.25) is 0 Å². The lowest BCUT2D eigenvalue weighted by atomic mass is 9.99. The molecule has 2 heteroatoms. The molecule has 0 saturated carbocycles. The molecule has 0 aliphatic heterocycles. The summed E-state index contributed by atoms with van der Waals surface area (Å²) in [5.41, 5.74) is -0.359. The predicted molar refractivity (Wildman–Crippen MR) is 65.0 cm³/mol. The topological polar surface area (TPSA) is 29.5 Å². The van der Waals surface area contributed by atoms with E-state index in [0.29, 0.717) is 0 Å². The first kappa shape index (κ1) is 14.9. The van der Waals surface area contributed by atoms with Crippen molar-refractivity contribution in [3.05, 3.63) is 0 Å². The van der Waals surface area contributed by atoms with Gasteiger partial charge in [0.25, 0.3) is 0 Å². The Hall–Kier alpha value is -0.0800. The van der Waals surface area contributed by atoms with Gasteiger partial charge in [0.15, 0.2) is 0 Å². The minimum atomic E-state index is -0.359. The van der Waals surface area contributed by atoms with Crippen LogP contribution in [0.25, 0.3) is 0 Å². The molecular weight excluding hydrogens is 188 g/mol. The van der Waals surface area contributed by atoms with Crippen LogP contribution in [0.5, 0.6) is 0 Å². The second-order valence-electron chi connectivity index (χ2n) is 5.08. The summed E-state index contributed by atoms with van der Waals surface area (Å²) in [4.78, 5) is 4.40. The van der Waals surface area contributed by atoms with Crippen LogP contribution in [0.4, 0.5) is 0 Å². The molecule has 0 saturated heterocycles. The molecule has 92 valence electrons. The molecule has 0 atom stereocenters. The van der Waals surface area contributed by atoms with Gasteiger partial charge in [-0.15, -0.1) is 0 Å². The van der Waals surface area contributed by atoms with Crippen LogP contribution in [0.15, 0.2) is 0 Å². The van der Waals surface area contributed by atoms with Crippen molar-refractivity contribution in [2.24, 2.45) is 0 Å². The molecule has 0 unspecified atom stereocenters. The van der Waals surface area contributed by atoms with E-state index in [4.69, 9.17) is 5.26 Å². The third kappa shape index (κ3) is 10.2. The van der Waals surface area contributed by atoms with Gasteiger partial charge in [-0.25, -0.2) is 4.89 Å². The molecule has 1 N–H and O–H groups in total. The van der Waals surface area contributed by atoms with Crippen molar-refractivity contribution in [2.75, 3.05) is 0 Å². The highest BCUT2D eigenvalue weighted by atomic mass is 17.1. The van der Waals surface area contributed by atoms with E-state index < -0.39 is 0 Å². The Morgan fingerprint density at radius 1 is 0.867 bits per heavy atom. The van der Waals surface area contributed by atoms with Crippen molar-refractivity contribution >= 4 is 0 Å². The van der Waals surface area contributed by atoms with Gasteiger partial charge in [-0.05, 0) is 20.3 Å². The molecule has 0 aromatic rings. The minimum Gasteiger partial charge on any atom is -0.251 e. The summed E-state index contributed by atoms with van der Waals surface area (Å²) in [5.74, 6) is 0. The van der Waals surface area contributed by atoms with Crippen molar-refractivity contribution in [1.29, 1.82) is 0 Å². The zero-order chi connectivity index (χ0) is 11.6. The average Bonchev–Trinajstić information content (AvgIpc) is 2.22. The first-order chi connectivity index (χ1) is 7.12. The molecule has 0 rings (SSSR count). The molecule has 0 bridgehead atoms. The first-order valence-corrected chi connectivity index (χ1v) is 6.45. The fraction of sp³-hybridized carbons (Fsp3) is 1.00. The molecule has 2 nitrogen and oxygen atoms in total. The molecule has 0 aliphatic rings. The maximum atomic E-state index is 8.59. The van der Waals surface area contributed by atoms with E-state index in [2.05, 4.69) is 11.8 Å². The molecule has 0 spiro atoms. The van der Waals surface area contributed by atoms with E-state index in [1.54, 1.807) is 0 Å². The highest BCUT2D eigenvalue weighted by Gasteiger charge is 2.17. The molecule has 0 aliphatic carbocycles. The molecule has 15 heavy (non-hydrogen) atoms. The second-order valence-corrected chi connectivity index (χ2v) is 5.08. The summed E-state index contributed by atoms with van der Waals surface area (Å²) in [5, 5.41) is 8.59. The molecule has 0 radical (unpaired) electrons. The highest BCUT2D eigenvalue weighted by molar-refractivity contribution is 4.65. The third-order valence-electron chi connectivity index (χ3n) is 2.88. The van der Waals surface area contributed by atoms with Crippen molar-refractivity contribution in [3.8, 4) is 0 Å².